The molecule has 0 radical (unpaired) electrons. The van der Waals surface area contributed by atoms with E-state index in [4.69, 9.17) is 16.7 Å². The van der Waals surface area contributed by atoms with Gasteiger partial charge in [-0.15, -0.1) is 11.8 Å². The van der Waals surface area contributed by atoms with Crippen LogP contribution in [0.4, 0.5) is 0 Å². The maximum absolute atomic E-state index is 11.0. The Balaban J connectivity index is 1.72. The van der Waals surface area contributed by atoms with E-state index in [2.05, 4.69) is 4.90 Å². The van der Waals surface area contributed by atoms with Crippen LogP contribution in [0.3, 0.4) is 0 Å². The van der Waals surface area contributed by atoms with E-state index < -0.39 is 5.97 Å². The van der Waals surface area contributed by atoms with Crippen molar-refractivity contribution in [1.82, 2.24) is 4.90 Å². The first-order valence-electron chi connectivity index (χ1n) is 6.52. The number of halogens is 1. The molecule has 1 aliphatic heterocycles. The van der Waals surface area contributed by atoms with Gasteiger partial charge in [-0.25, -0.2) is 0 Å². The first-order valence-corrected chi connectivity index (χ1v) is 7.89. The third kappa shape index (κ3) is 4.13. The van der Waals surface area contributed by atoms with Gasteiger partial charge in [0.25, 0.3) is 0 Å². The number of carbonyl (C=O) groups is 1. The summed E-state index contributed by atoms with van der Waals surface area (Å²) in [7, 11) is 0. The normalized spacial score (nSPS) is 19.7. The Morgan fingerprint density at radius 2 is 2.26 bits per heavy atom. The molecule has 3 nitrogen and oxygen atoms in total. The van der Waals surface area contributed by atoms with Crippen LogP contribution < -0.4 is 0 Å². The fraction of sp³-hybridized carbons (Fsp3) is 0.500. The van der Waals surface area contributed by atoms with Gasteiger partial charge in [-0.3, -0.25) is 9.69 Å². The monoisotopic (exact) mass is 299 g/mol. The molecule has 1 saturated heterocycles. The molecule has 104 valence electrons. The SMILES string of the molecule is O=C(O)C1CCCN1CCCSc1ccccc1Cl. The standard InChI is InChI=1S/C14H18ClNO2S/c15-11-5-1-2-7-13(11)19-10-4-9-16-8-3-6-12(16)14(17)18/h1-2,5,7,12H,3-4,6,8-10H2,(H,17,18). The summed E-state index contributed by atoms with van der Waals surface area (Å²) >= 11 is 7.82. The van der Waals surface area contributed by atoms with Crippen LogP contribution >= 0.6 is 23.4 Å². The molecule has 0 aliphatic carbocycles. The van der Waals surface area contributed by atoms with Crippen LogP contribution in [0.1, 0.15) is 19.3 Å². The van der Waals surface area contributed by atoms with Crippen molar-refractivity contribution < 1.29 is 9.90 Å². The molecule has 1 N–H and O–H groups in total. The van der Waals surface area contributed by atoms with Crippen molar-refractivity contribution in [2.24, 2.45) is 0 Å². The van der Waals surface area contributed by atoms with Gasteiger partial charge in [-0.1, -0.05) is 23.7 Å². The van der Waals surface area contributed by atoms with Crippen LogP contribution in [0.2, 0.25) is 5.02 Å². The zero-order valence-corrected chi connectivity index (χ0v) is 12.3. The van der Waals surface area contributed by atoms with Crippen molar-refractivity contribution in [3.05, 3.63) is 29.3 Å². The minimum Gasteiger partial charge on any atom is -0.480 e. The number of benzene rings is 1. The lowest BCUT2D eigenvalue weighted by molar-refractivity contribution is -0.142. The van der Waals surface area contributed by atoms with Gasteiger partial charge in [0, 0.05) is 4.90 Å². The summed E-state index contributed by atoms with van der Waals surface area (Å²) in [4.78, 5) is 14.2. The molecule has 1 unspecified atom stereocenters. The number of hydrogen-bond acceptors (Lipinski definition) is 3. The van der Waals surface area contributed by atoms with Crippen molar-refractivity contribution in [1.29, 1.82) is 0 Å². The van der Waals surface area contributed by atoms with E-state index in [9.17, 15) is 4.79 Å². The van der Waals surface area contributed by atoms with E-state index in [-0.39, 0.29) is 6.04 Å². The molecule has 0 bridgehead atoms. The first-order chi connectivity index (χ1) is 9.18. The number of thioether (sulfide) groups is 1. The molecule has 0 amide bonds. The second kappa shape index (κ2) is 7.17. The summed E-state index contributed by atoms with van der Waals surface area (Å²) in [5, 5.41) is 9.88. The van der Waals surface area contributed by atoms with Crippen molar-refractivity contribution in [2.75, 3.05) is 18.8 Å². The van der Waals surface area contributed by atoms with Gasteiger partial charge >= 0.3 is 5.97 Å². The fourth-order valence-corrected chi connectivity index (χ4v) is 3.56. The molecule has 1 atom stereocenters. The molecule has 0 aromatic heterocycles. The number of carboxylic acids is 1. The zero-order chi connectivity index (χ0) is 13.7. The van der Waals surface area contributed by atoms with Crippen LogP contribution in [-0.4, -0.2) is 40.9 Å². The lowest BCUT2D eigenvalue weighted by Gasteiger charge is -2.20. The van der Waals surface area contributed by atoms with Crippen molar-refractivity contribution in [2.45, 2.75) is 30.2 Å². The van der Waals surface area contributed by atoms with Gasteiger partial charge in [-0.2, -0.15) is 0 Å². The van der Waals surface area contributed by atoms with Gasteiger partial charge in [0.05, 0.1) is 5.02 Å². The summed E-state index contributed by atoms with van der Waals surface area (Å²) < 4.78 is 0. The lowest BCUT2D eigenvalue weighted by atomic mass is 10.2. The third-order valence-electron chi connectivity index (χ3n) is 3.33. The maximum atomic E-state index is 11.0. The Labute approximate surface area is 122 Å². The Bertz CT molecular complexity index is 441. The fourth-order valence-electron chi connectivity index (χ4n) is 2.38. The molecule has 1 aliphatic rings. The number of aliphatic carboxylic acids is 1. The summed E-state index contributed by atoms with van der Waals surface area (Å²) in [6, 6.07) is 7.54. The second-order valence-corrected chi connectivity index (χ2v) is 6.21. The minimum absolute atomic E-state index is 0.273. The first kappa shape index (κ1) is 14.7. The smallest absolute Gasteiger partial charge is 0.320 e. The summed E-state index contributed by atoms with van der Waals surface area (Å²) in [5.74, 6) is 0.281. The van der Waals surface area contributed by atoms with Gasteiger partial charge < -0.3 is 5.11 Å². The predicted molar refractivity (Wildman–Crippen MR) is 79.0 cm³/mol. The molecule has 1 fully saturated rings. The number of hydrogen-bond donors (Lipinski definition) is 1. The molecule has 19 heavy (non-hydrogen) atoms. The average molecular weight is 300 g/mol. The summed E-state index contributed by atoms with van der Waals surface area (Å²) in [5.41, 5.74) is 0. The van der Waals surface area contributed by atoms with Crippen LogP contribution in [0.15, 0.2) is 29.2 Å². The highest BCUT2D eigenvalue weighted by Crippen LogP contribution is 2.27. The minimum atomic E-state index is -0.684. The quantitative estimate of drug-likeness (QED) is 0.646. The van der Waals surface area contributed by atoms with Crippen molar-refractivity contribution in [3.63, 3.8) is 0 Å². The van der Waals surface area contributed by atoms with E-state index >= 15 is 0 Å². The molecule has 5 heteroatoms. The van der Waals surface area contributed by atoms with E-state index in [1.165, 1.54) is 0 Å². The van der Waals surface area contributed by atoms with E-state index in [1.54, 1.807) is 11.8 Å². The lowest BCUT2D eigenvalue weighted by Crippen LogP contribution is -2.36. The Kier molecular flexibility index (Phi) is 5.55. The topological polar surface area (TPSA) is 40.5 Å². The highest BCUT2D eigenvalue weighted by Gasteiger charge is 2.29. The van der Waals surface area contributed by atoms with E-state index in [0.29, 0.717) is 0 Å². The van der Waals surface area contributed by atoms with Crippen LogP contribution in [0.5, 0.6) is 0 Å². The van der Waals surface area contributed by atoms with Gasteiger partial charge in [0.2, 0.25) is 0 Å². The number of rotatable bonds is 6. The Morgan fingerprint density at radius 1 is 1.47 bits per heavy atom. The Morgan fingerprint density at radius 3 is 3.00 bits per heavy atom. The van der Waals surface area contributed by atoms with Crippen LogP contribution in [-0.2, 0) is 4.79 Å². The van der Waals surface area contributed by atoms with Crippen LogP contribution in [0.25, 0.3) is 0 Å². The van der Waals surface area contributed by atoms with E-state index in [0.717, 1.165) is 48.0 Å². The highest BCUT2D eigenvalue weighted by molar-refractivity contribution is 7.99. The maximum Gasteiger partial charge on any atom is 0.320 e. The van der Waals surface area contributed by atoms with Gasteiger partial charge in [0.15, 0.2) is 0 Å². The zero-order valence-electron chi connectivity index (χ0n) is 10.7. The summed E-state index contributed by atoms with van der Waals surface area (Å²) in [6.07, 6.45) is 2.77. The number of nitrogens with zero attached hydrogens (tertiary/aromatic N) is 1. The Hall–Kier alpha value is -0.710. The van der Waals surface area contributed by atoms with Crippen molar-refractivity contribution >= 4 is 29.3 Å². The van der Waals surface area contributed by atoms with E-state index in [1.807, 2.05) is 24.3 Å². The van der Waals surface area contributed by atoms with Gasteiger partial charge in [0.1, 0.15) is 6.04 Å². The second-order valence-electron chi connectivity index (χ2n) is 4.66. The summed E-state index contributed by atoms with van der Waals surface area (Å²) in [6.45, 7) is 1.77. The molecule has 1 aromatic rings. The van der Waals surface area contributed by atoms with Crippen molar-refractivity contribution in [3.8, 4) is 0 Å². The molecular weight excluding hydrogens is 282 g/mol. The van der Waals surface area contributed by atoms with Gasteiger partial charge in [-0.05, 0) is 50.2 Å². The number of carboxylic acid groups (broad SMARTS) is 1. The predicted octanol–water partition coefficient (Wildman–Crippen LogP) is 3.37. The molecule has 1 heterocycles. The number of likely N-dealkylation sites (tertiary alicyclic amines) is 1. The molecular formula is C14H18ClNO2S. The van der Waals surface area contributed by atoms with Crippen LogP contribution in [0, 0.1) is 0 Å². The largest absolute Gasteiger partial charge is 0.480 e. The molecule has 1 aromatic carbocycles. The molecule has 0 saturated carbocycles. The highest BCUT2D eigenvalue weighted by atomic mass is 35.5. The molecule has 0 spiro atoms. The third-order valence-corrected chi connectivity index (χ3v) is 4.93. The molecule has 2 rings (SSSR count). The average Bonchev–Trinajstić information content (AvgIpc) is 2.85.